The summed E-state index contributed by atoms with van der Waals surface area (Å²) in [6.45, 7) is 2.30. The van der Waals surface area contributed by atoms with E-state index in [2.05, 4.69) is 5.16 Å². The number of oxime groups is 1. The standard InChI is InChI=1S/C11H14ClNO4/c1-2-16-10-6-8(7-13-15)5-9(12)11(10)17-4-3-14/h5-7,14-15H,2-4H2,1H3. The van der Waals surface area contributed by atoms with Crippen molar-refractivity contribution in [2.45, 2.75) is 6.92 Å². The molecular weight excluding hydrogens is 246 g/mol. The van der Waals surface area contributed by atoms with E-state index in [1.54, 1.807) is 12.1 Å². The largest absolute Gasteiger partial charge is 0.490 e. The van der Waals surface area contributed by atoms with Crippen LogP contribution >= 0.6 is 11.6 Å². The molecular formula is C11H14ClNO4. The molecule has 0 saturated heterocycles. The Balaban J connectivity index is 3.08. The van der Waals surface area contributed by atoms with Gasteiger partial charge in [0.05, 0.1) is 24.5 Å². The predicted molar refractivity (Wildman–Crippen MR) is 64.6 cm³/mol. The number of nitrogens with zero attached hydrogens (tertiary/aromatic N) is 1. The van der Waals surface area contributed by atoms with Gasteiger partial charge in [-0.25, -0.2) is 0 Å². The lowest BCUT2D eigenvalue weighted by atomic mass is 10.2. The summed E-state index contributed by atoms with van der Waals surface area (Å²) in [5.41, 5.74) is 0.595. The third-order valence-corrected chi connectivity index (χ3v) is 2.16. The molecule has 0 radical (unpaired) electrons. The third kappa shape index (κ3) is 3.80. The van der Waals surface area contributed by atoms with E-state index in [1.807, 2.05) is 6.92 Å². The molecule has 0 unspecified atom stereocenters. The van der Waals surface area contributed by atoms with Crippen LogP contribution in [0, 0.1) is 0 Å². The Kier molecular flexibility index (Phi) is 5.59. The molecule has 0 amide bonds. The Bertz CT molecular complexity index is 395. The quantitative estimate of drug-likeness (QED) is 0.465. The molecule has 5 nitrogen and oxygen atoms in total. The first-order valence-electron chi connectivity index (χ1n) is 5.10. The first kappa shape index (κ1) is 13.6. The Labute approximate surface area is 104 Å². The lowest BCUT2D eigenvalue weighted by Crippen LogP contribution is -2.05. The minimum Gasteiger partial charge on any atom is -0.490 e. The van der Waals surface area contributed by atoms with E-state index in [9.17, 15) is 0 Å². The fourth-order valence-corrected chi connectivity index (χ4v) is 1.55. The lowest BCUT2D eigenvalue weighted by Gasteiger charge is -2.13. The van der Waals surface area contributed by atoms with Gasteiger partial charge in [0.15, 0.2) is 11.5 Å². The number of benzene rings is 1. The first-order chi connectivity index (χ1) is 8.22. The van der Waals surface area contributed by atoms with Crippen molar-refractivity contribution in [3.63, 3.8) is 0 Å². The van der Waals surface area contributed by atoms with Crippen molar-refractivity contribution in [1.29, 1.82) is 0 Å². The van der Waals surface area contributed by atoms with Crippen molar-refractivity contribution in [2.24, 2.45) is 5.16 Å². The summed E-state index contributed by atoms with van der Waals surface area (Å²) in [4.78, 5) is 0. The zero-order valence-electron chi connectivity index (χ0n) is 9.39. The average molecular weight is 260 g/mol. The van der Waals surface area contributed by atoms with Gasteiger partial charge in [-0.3, -0.25) is 0 Å². The van der Waals surface area contributed by atoms with E-state index in [4.69, 9.17) is 31.4 Å². The van der Waals surface area contributed by atoms with Crippen LogP contribution in [0.15, 0.2) is 17.3 Å². The van der Waals surface area contributed by atoms with Crippen LogP contribution in [0.1, 0.15) is 12.5 Å². The molecule has 0 aliphatic heterocycles. The molecule has 0 aromatic heterocycles. The van der Waals surface area contributed by atoms with E-state index in [1.165, 1.54) is 6.21 Å². The zero-order valence-corrected chi connectivity index (χ0v) is 10.1. The summed E-state index contributed by atoms with van der Waals surface area (Å²) in [7, 11) is 0. The van der Waals surface area contributed by atoms with Crippen LogP contribution < -0.4 is 9.47 Å². The van der Waals surface area contributed by atoms with Crippen LogP contribution in [0.3, 0.4) is 0 Å². The monoisotopic (exact) mass is 259 g/mol. The van der Waals surface area contributed by atoms with Crippen LogP contribution in [-0.2, 0) is 0 Å². The van der Waals surface area contributed by atoms with Gasteiger partial charge < -0.3 is 19.8 Å². The fraction of sp³-hybridized carbons (Fsp3) is 0.364. The van der Waals surface area contributed by atoms with E-state index in [-0.39, 0.29) is 13.2 Å². The molecule has 6 heteroatoms. The SMILES string of the molecule is CCOc1cc(C=NO)cc(Cl)c1OCCO. The summed E-state index contributed by atoms with van der Waals surface area (Å²) < 4.78 is 10.7. The molecule has 0 spiro atoms. The molecule has 1 rings (SSSR count). The highest BCUT2D eigenvalue weighted by atomic mass is 35.5. The Morgan fingerprint density at radius 3 is 2.76 bits per heavy atom. The normalized spacial score (nSPS) is 10.8. The van der Waals surface area contributed by atoms with Crippen LogP contribution in [0.25, 0.3) is 0 Å². The van der Waals surface area contributed by atoms with Crippen LogP contribution in [0.2, 0.25) is 5.02 Å². The van der Waals surface area contributed by atoms with Gasteiger partial charge in [-0.2, -0.15) is 0 Å². The molecule has 0 fully saturated rings. The minimum absolute atomic E-state index is 0.109. The van der Waals surface area contributed by atoms with Gasteiger partial charge in [-0.15, -0.1) is 0 Å². The minimum atomic E-state index is -0.109. The predicted octanol–water partition coefficient (Wildman–Crippen LogP) is 1.92. The molecule has 94 valence electrons. The Morgan fingerprint density at radius 2 is 2.18 bits per heavy atom. The Hall–Kier alpha value is -1.46. The number of halogens is 1. The molecule has 0 saturated carbocycles. The van der Waals surface area contributed by atoms with Crippen molar-refractivity contribution >= 4 is 17.8 Å². The van der Waals surface area contributed by atoms with Crippen molar-refractivity contribution in [3.05, 3.63) is 22.7 Å². The maximum atomic E-state index is 8.71. The number of rotatable bonds is 6. The number of aliphatic hydroxyl groups excluding tert-OH is 1. The number of hydrogen-bond donors (Lipinski definition) is 2. The molecule has 0 atom stereocenters. The van der Waals surface area contributed by atoms with Gasteiger partial charge >= 0.3 is 0 Å². The second-order valence-electron chi connectivity index (χ2n) is 3.08. The van der Waals surface area contributed by atoms with Gasteiger partial charge in [0.25, 0.3) is 0 Å². The number of ether oxygens (including phenoxy) is 2. The molecule has 17 heavy (non-hydrogen) atoms. The van der Waals surface area contributed by atoms with E-state index >= 15 is 0 Å². The Morgan fingerprint density at radius 1 is 1.41 bits per heavy atom. The van der Waals surface area contributed by atoms with E-state index in [0.29, 0.717) is 28.7 Å². The van der Waals surface area contributed by atoms with Crippen molar-refractivity contribution in [3.8, 4) is 11.5 Å². The topological polar surface area (TPSA) is 71.3 Å². The smallest absolute Gasteiger partial charge is 0.179 e. The average Bonchev–Trinajstić information content (AvgIpc) is 2.29. The second-order valence-corrected chi connectivity index (χ2v) is 3.49. The van der Waals surface area contributed by atoms with E-state index < -0.39 is 0 Å². The first-order valence-corrected chi connectivity index (χ1v) is 5.48. The number of aliphatic hydroxyl groups is 1. The molecule has 0 heterocycles. The molecule has 2 N–H and O–H groups in total. The molecule has 0 aliphatic rings. The summed E-state index contributed by atoms with van der Waals surface area (Å²) in [5, 5.41) is 20.4. The summed E-state index contributed by atoms with van der Waals surface area (Å²) in [6, 6.07) is 3.22. The summed E-state index contributed by atoms with van der Waals surface area (Å²) >= 11 is 6.01. The second kappa shape index (κ2) is 6.98. The van der Waals surface area contributed by atoms with Crippen molar-refractivity contribution in [1.82, 2.24) is 0 Å². The highest BCUT2D eigenvalue weighted by Crippen LogP contribution is 2.36. The van der Waals surface area contributed by atoms with Crippen LogP contribution in [-0.4, -0.2) is 36.3 Å². The van der Waals surface area contributed by atoms with Crippen molar-refractivity contribution in [2.75, 3.05) is 19.8 Å². The molecule has 1 aromatic carbocycles. The van der Waals surface area contributed by atoms with Gasteiger partial charge in [-0.1, -0.05) is 16.8 Å². The van der Waals surface area contributed by atoms with Crippen LogP contribution in [0.5, 0.6) is 11.5 Å². The molecule has 0 bridgehead atoms. The van der Waals surface area contributed by atoms with E-state index in [0.717, 1.165) is 0 Å². The van der Waals surface area contributed by atoms with Gasteiger partial charge in [0.1, 0.15) is 6.61 Å². The highest BCUT2D eigenvalue weighted by Gasteiger charge is 2.11. The number of hydrogen-bond acceptors (Lipinski definition) is 5. The lowest BCUT2D eigenvalue weighted by molar-refractivity contribution is 0.194. The van der Waals surface area contributed by atoms with Gasteiger partial charge in [-0.05, 0) is 19.1 Å². The molecule has 0 aliphatic carbocycles. The molecule has 1 aromatic rings. The summed E-state index contributed by atoms with van der Waals surface area (Å²) in [6.07, 6.45) is 1.24. The van der Waals surface area contributed by atoms with Crippen molar-refractivity contribution < 1.29 is 19.8 Å². The van der Waals surface area contributed by atoms with Gasteiger partial charge in [0, 0.05) is 5.56 Å². The fourth-order valence-electron chi connectivity index (χ4n) is 1.28. The maximum absolute atomic E-state index is 8.71. The zero-order chi connectivity index (χ0) is 12.7. The van der Waals surface area contributed by atoms with Gasteiger partial charge in [0.2, 0.25) is 0 Å². The highest BCUT2D eigenvalue weighted by molar-refractivity contribution is 6.32. The van der Waals surface area contributed by atoms with Crippen LogP contribution in [0.4, 0.5) is 0 Å². The summed E-state index contributed by atoms with van der Waals surface area (Å²) in [5.74, 6) is 0.820. The maximum Gasteiger partial charge on any atom is 0.179 e. The third-order valence-electron chi connectivity index (χ3n) is 1.88.